The van der Waals surface area contributed by atoms with Crippen LogP contribution in [0.2, 0.25) is 0 Å². The molecule has 1 aliphatic carbocycles. The standard InChI is InChI=1S/C14H18N2/c1-10-8-16-13-4-3-11(7-12(10)13)14(5-6-14)9-15-2/h3-4,7-8,15-16H,5-6,9H2,1-2H3. The number of rotatable bonds is 3. The molecule has 2 heteroatoms. The number of benzene rings is 1. The van der Waals surface area contributed by atoms with Crippen molar-refractivity contribution in [3.63, 3.8) is 0 Å². The molecule has 84 valence electrons. The first-order valence-corrected chi connectivity index (χ1v) is 5.98. The fraction of sp³-hybridized carbons (Fsp3) is 0.429. The van der Waals surface area contributed by atoms with Crippen molar-refractivity contribution in [2.24, 2.45) is 0 Å². The minimum absolute atomic E-state index is 0.423. The number of likely N-dealkylation sites (N-methyl/N-ethyl adjacent to an activating group) is 1. The third kappa shape index (κ3) is 1.37. The first-order valence-electron chi connectivity index (χ1n) is 5.98. The maximum atomic E-state index is 3.32. The van der Waals surface area contributed by atoms with Crippen molar-refractivity contribution >= 4 is 10.9 Å². The van der Waals surface area contributed by atoms with Gasteiger partial charge in [-0.1, -0.05) is 6.07 Å². The first kappa shape index (κ1) is 9.91. The van der Waals surface area contributed by atoms with E-state index in [1.54, 1.807) is 0 Å². The number of hydrogen-bond donors (Lipinski definition) is 2. The molecule has 2 N–H and O–H groups in total. The van der Waals surface area contributed by atoms with Gasteiger partial charge in [0, 0.05) is 29.1 Å². The van der Waals surface area contributed by atoms with Crippen LogP contribution in [0.3, 0.4) is 0 Å². The van der Waals surface area contributed by atoms with E-state index in [2.05, 4.69) is 41.6 Å². The van der Waals surface area contributed by atoms with Crippen LogP contribution in [0.4, 0.5) is 0 Å². The van der Waals surface area contributed by atoms with E-state index in [1.807, 2.05) is 7.05 Å². The zero-order valence-corrected chi connectivity index (χ0v) is 9.93. The number of H-pyrrole nitrogens is 1. The molecule has 0 aliphatic heterocycles. The number of nitrogens with one attached hydrogen (secondary N) is 2. The van der Waals surface area contributed by atoms with Crippen molar-refractivity contribution < 1.29 is 0 Å². The molecule has 1 saturated carbocycles. The summed E-state index contributed by atoms with van der Waals surface area (Å²) < 4.78 is 0. The van der Waals surface area contributed by atoms with Gasteiger partial charge in [-0.3, -0.25) is 0 Å². The van der Waals surface area contributed by atoms with Crippen LogP contribution in [0.15, 0.2) is 24.4 Å². The highest BCUT2D eigenvalue weighted by Gasteiger charge is 2.43. The summed E-state index contributed by atoms with van der Waals surface area (Å²) in [7, 11) is 2.04. The van der Waals surface area contributed by atoms with Crippen LogP contribution in [0, 0.1) is 6.92 Å². The highest BCUT2D eigenvalue weighted by Crippen LogP contribution is 2.48. The Bertz CT molecular complexity index is 521. The van der Waals surface area contributed by atoms with E-state index in [0.29, 0.717) is 5.41 Å². The monoisotopic (exact) mass is 214 g/mol. The summed E-state index contributed by atoms with van der Waals surface area (Å²) in [6.07, 6.45) is 4.73. The fourth-order valence-electron chi connectivity index (χ4n) is 2.65. The van der Waals surface area contributed by atoms with Gasteiger partial charge in [0.2, 0.25) is 0 Å². The minimum Gasteiger partial charge on any atom is -0.361 e. The fourth-order valence-corrected chi connectivity index (χ4v) is 2.65. The smallest absolute Gasteiger partial charge is 0.0456 e. The molecule has 0 bridgehead atoms. The van der Waals surface area contributed by atoms with Gasteiger partial charge >= 0.3 is 0 Å². The predicted molar refractivity (Wildman–Crippen MR) is 67.9 cm³/mol. The molecule has 0 radical (unpaired) electrons. The van der Waals surface area contributed by atoms with Crippen molar-refractivity contribution in [2.75, 3.05) is 13.6 Å². The largest absolute Gasteiger partial charge is 0.361 e. The van der Waals surface area contributed by atoms with Gasteiger partial charge in [0.1, 0.15) is 0 Å². The Kier molecular flexibility index (Phi) is 2.08. The molecule has 3 rings (SSSR count). The average molecular weight is 214 g/mol. The zero-order chi connectivity index (χ0) is 11.2. The van der Waals surface area contributed by atoms with Gasteiger partial charge in [-0.25, -0.2) is 0 Å². The van der Waals surface area contributed by atoms with E-state index >= 15 is 0 Å². The molecular formula is C14H18N2. The Morgan fingerprint density at radius 3 is 2.88 bits per heavy atom. The summed E-state index contributed by atoms with van der Waals surface area (Å²) in [5, 5.41) is 4.69. The first-order chi connectivity index (χ1) is 7.75. The van der Waals surface area contributed by atoms with Crippen molar-refractivity contribution in [3.05, 3.63) is 35.5 Å². The Hall–Kier alpha value is -1.28. The van der Waals surface area contributed by atoms with Crippen LogP contribution in [-0.4, -0.2) is 18.6 Å². The van der Waals surface area contributed by atoms with Crippen molar-refractivity contribution in [1.82, 2.24) is 10.3 Å². The summed E-state index contributed by atoms with van der Waals surface area (Å²) in [5.41, 5.74) is 4.52. The third-order valence-corrected chi connectivity index (χ3v) is 3.87. The maximum Gasteiger partial charge on any atom is 0.0456 e. The van der Waals surface area contributed by atoms with Gasteiger partial charge in [0.25, 0.3) is 0 Å². The highest BCUT2D eigenvalue weighted by atomic mass is 14.8. The van der Waals surface area contributed by atoms with Crippen LogP contribution >= 0.6 is 0 Å². The second kappa shape index (κ2) is 3.36. The second-order valence-corrected chi connectivity index (χ2v) is 5.04. The normalized spacial score (nSPS) is 17.9. The van der Waals surface area contributed by atoms with E-state index in [9.17, 15) is 0 Å². The van der Waals surface area contributed by atoms with Gasteiger partial charge in [-0.15, -0.1) is 0 Å². The maximum absolute atomic E-state index is 3.32. The Morgan fingerprint density at radius 2 is 2.19 bits per heavy atom. The topological polar surface area (TPSA) is 27.8 Å². The Morgan fingerprint density at radius 1 is 1.38 bits per heavy atom. The van der Waals surface area contributed by atoms with Crippen LogP contribution < -0.4 is 5.32 Å². The van der Waals surface area contributed by atoms with Gasteiger partial charge in [0.05, 0.1) is 0 Å². The van der Waals surface area contributed by atoms with Crippen molar-refractivity contribution in [3.8, 4) is 0 Å². The summed E-state index contributed by atoms with van der Waals surface area (Å²) in [5.74, 6) is 0. The summed E-state index contributed by atoms with van der Waals surface area (Å²) in [4.78, 5) is 3.30. The molecule has 1 aromatic heterocycles. The number of fused-ring (bicyclic) bond motifs is 1. The minimum atomic E-state index is 0.423. The molecule has 1 fully saturated rings. The molecule has 0 saturated heterocycles. The lowest BCUT2D eigenvalue weighted by molar-refractivity contribution is 0.625. The summed E-state index contributed by atoms with van der Waals surface area (Å²) in [6, 6.07) is 6.86. The molecule has 0 spiro atoms. The van der Waals surface area contributed by atoms with Gasteiger partial charge < -0.3 is 10.3 Å². The van der Waals surface area contributed by atoms with E-state index < -0.39 is 0 Å². The molecule has 0 atom stereocenters. The second-order valence-electron chi connectivity index (χ2n) is 5.04. The number of aromatic amines is 1. The lowest BCUT2D eigenvalue weighted by Gasteiger charge is -2.15. The van der Waals surface area contributed by atoms with Gasteiger partial charge in [-0.05, 0) is 50.1 Å². The quantitative estimate of drug-likeness (QED) is 0.808. The molecule has 0 unspecified atom stereocenters. The van der Waals surface area contributed by atoms with Crippen LogP contribution in [0.1, 0.15) is 24.0 Å². The highest BCUT2D eigenvalue weighted by molar-refractivity contribution is 5.84. The number of hydrogen-bond acceptors (Lipinski definition) is 1. The number of aryl methyl sites for hydroxylation is 1. The Balaban J connectivity index is 2.08. The molecule has 2 nitrogen and oxygen atoms in total. The van der Waals surface area contributed by atoms with Gasteiger partial charge in [-0.2, -0.15) is 0 Å². The zero-order valence-electron chi connectivity index (χ0n) is 9.93. The summed E-state index contributed by atoms with van der Waals surface area (Å²) >= 11 is 0. The molecular weight excluding hydrogens is 196 g/mol. The third-order valence-electron chi connectivity index (χ3n) is 3.87. The van der Waals surface area contributed by atoms with Crippen molar-refractivity contribution in [1.29, 1.82) is 0 Å². The molecule has 2 aromatic rings. The molecule has 16 heavy (non-hydrogen) atoms. The van der Waals surface area contributed by atoms with E-state index in [0.717, 1.165) is 6.54 Å². The predicted octanol–water partition coefficient (Wildman–Crippen LogP) is 2.73. The average Bonchev–Trinajstić information content (AvgIpc) is 2.99. The van der Waals surface area contributed by atoms with E-state index in [4.69, 9.17) is 0 Å². The molecule has 1 aromatic carbocycles. The van der Waals surface area contributed by atoms with Gasteiger partial charge in [0.15, 0.2) is 0 Å². The number of aromatic nitrogens is 1. The van der Waals surface area contributed by atoms with Crippen molar-refractivity contribution in [2.45, 2.75) is 25.2 Å². The SMILES string of the molecule is CNCC1(c2ccc3[nH]cc(C)c3c2)CC1. The van der Waals surface area contributed by atoms with E-state index in [1.165, 1.54) is 34.9 Å². The Labute approximate surface area is 96.1 Å². The van der Waals surface area contributed by atoms with E-state index in [-0.39, 0.29) is 0 Å². The molecule has 1 aliphatic rings. The summed E-state index contributed by atoms with van der Waals surface area (Å²) in [6.45, 7) is 3.27. The molecule has 1 heterocycles. The lowest BCUT2D eigenvalue weighted by Crippen LogP contribution is -2.23. The van der Waals surface area contributed by atoms with Crippen LogP contribution in [0.5, 0.6) is 0 Å². The molecule has 0 amide bonds. The lowest BCUT2D eigenvalue weighted by atomic mass is 9.94. The van der Waals surface area contributed by atoms with Crippen LogP contribution in [-0.2, 0) is 5.41 Å². The van der Waals surface area contributed by atoms with Crippen LogP contribution in [0.25, 0.3) is 10.9 Å².